The third kappa shape index (κ3) is 8.32. The van der Waals surface area contributed by atoms with E-state index in [1.54, 1.807) is 7.05 Å². The van der Waals surface area contributed by atoms with Crippen molar-refractivity contribution in [3.8, 4) is 0 Å². The number of carbonyl (C=O) groups is 3. The second-order valence-corrected chi connectivity index (χ2v) is 9.00. The molecule has 8 heteroatoms. The zero-order chi connectivity index (χ0) is 24.2. The summed E-state index contributed by atoms with van der Waals surface area (Å²) in [5.41, 5.74) is 0.431. The highest BCUT2D eigenvalue weighted by Crippen LogP contribution is 2.40. The summed E-state index contributed by atoms with van der Waals surface area (Å²) >= 11 is 0. The van der Waals surface area contributed by atoms with Crippen LogP contribution in [0.2, 0.25) is 0 Å². The highest BCUT2D eigenvalue weighted by atomic mass is 16.6. The molecule has 1 fully saturated rings. The number of nitrogens with zero attached hydrogens (tertiary/aromatic N) is 2. The number of carbonyl (C=O) groups excluding carboxylic acids is 3. The van der Waals surface area contributed by atoms with Crippen molar-refractivity contribution in [2.75, 3.05) is 13.6 Å². The van der Waals surface area contributed by atoms with E-state index in [1.807, 2.05) is 30.3 Å². The third-order valence-corrected chi connectivity index (χ3v) is 6.17. The minimum absolute atomic E-state index is 0.0214. The number of hydrogen-bond donors (Lipinski definition) is 1. The van der Waals surface area contributed by atoms with Gasteiger partial charge in [-0.2, -0.15) is 0 Å². The SMILES string of the molecule is CN1CC(=O)OC2(CCC/C=C/CCCCC(=O)NC1=NC(=O)OCc1ccccc1)CCC2. The van der Waals surface area contributed by atoms with Gasteiger partial charge < -0.3 is 14.4 Å². The molecule has 2 aliphatic rings. The van der Waals surface area contributed by atoms with E-state index in [4.69, 9.17) is 9.47 Å². The Morgan fingerprint density at radius 2 is 1.76 bits per heavy atom. The highest BCUT2D eigenvalue weighted by Gasteiger charge is 2.40. The summed E-state index contributed by atoms with van der Waals surface area (Å²) in [6, 6.07) is 9.25. The van der Waals surface area contributed by atoms with Crippen LogP contribution in [-0.2, 0) is 25.7 Å². The second kappa shape index (κ2) is 12.9. The van der Waals surface area contributed by atoms with Crippen LogP contribution in [-0.4, -0.2) is 48.0 Å². The third-order valence-electron chi connectivity index (χ3n) is 6.17. The van der Waals surface area contributed by atoms with Gasteiger partial charge in [0.25, 0.3) is 0 Å². The lowest BCUT2D eigenvalue weighted by Gasteiger charge is -2.41. The van der Waals surface area contributed by atoms with Gasteiger partial charge in [0, 0.05) is 13.5 Å². The summed E-state index contributed by atoms with van der Waals surface area (Å²) in [4.78, 5) is 42.9. The minimum atomic E-state index is -0.842. The quantitative estimate of drug-likeness (QED) is 0.506. The van der Waals surface area contributed by atoms with Crippen molar-refractivity contribution in [1.29, 1.82) is 0 Å². The first-order chi connectivity index (χ1) is 16.5. The van der Waals surface area contributed by atoms with Gasteiger partial charge in [0.15, 0.2) is 0 Å². The Labute approximate surface area is 201 Å². The number of guanidine groups is 1. The van der Waals surface area contributed by atoms with E-state index in [-0.39, 0.29) is 25.0 Å². The molecule has 1 aromatic carbocycles. The number of aliphatic imine (C=N–C) groups is 1. The number of hydrogen-bond acceptors (Lipinski definition) is 5. The van der Waals surface area contributed by atoms with Gasteiger partial charge in [0.05, 0.1) is 0 Å². The molecular weight excluding hydrogens is 434 g/mol. The lowest BCUT2D eigenvalue weighted by molar-refractivity contribution is -0.171. The molecule has 0 unspecified atom stereocenters. The average molecular weight is 470 g/mol. The number of allylic oxidation sites excluding steroid dienone is 2. The van der Waals surface area contributed by atoms with Gasteiger partial charge in [-0.15, -0.1) is 4.99 Å². The summed E-state index contributed by atoms with van der Waals surface area (Å²) in [6.07, 6.45) is 11.9. The highest BCUT2D eigenvalue weighted by molar-refractivity contribution is 6.01. The van der Waals surface area contributed by atoms with E-state index in [1.165, 1.54) is 4.90 Å². The van der Waals surface area contributed by atoms with Crippen molar-refractivity contribution in [2.45, 2.75) is 76.4 Å². The van der Waals surface area contributed by atoms with Crippen LogP contribution in [0.5, 0.6) is 0 Å². The maximum Gasteiger partial charge on any atom is 0.437 e. The Kier molecular flexibility index (Phi) is 9.67. The van der Waals surface area contributed by atoms with Crippen molar-refractivity contribution in [1.82, 2.24) is 10.2 Å². The Balaban J connectivity index is 1.68. The van der Waals surface area contributed by atoms with Crippen LogP contribution in [0.25, 0.3) is 0 Å². The van der Waals surface area contributed by atoms with Crippen molar-refractivity contribution in [3.05, 3.63) is 48.0 Å². The van der Waals surface area contributed by atoms with Crippen LogP contribution in [0.15, 0.2) is 47.5 Å². The number of amides is 2. The van der Waals surface area contributed by atoms with Gasteiger partial charge in [-0.05, 0) is 63.4 Å². The Morgan fingerprint density at radius 1 is 1.06 bits per heavy atom. The fraction of sp³-hybridized carbons (Fsp3) is 0.538. The standard InChI is InChI=1S/C26H35N3O5/c1-29-19-23(31)34-26(17-12-18-26)16-11-6-4-2-3-5-10-15-22(30)27-24(29)28-25(32)33-20-21-13-8-7-9-14-21/h2,4,7-9,13-14H,3,5-6,10-12,15-20H2,1H3,(H,27,28,30,32)/b4-2+. The number of ether oxygens (including phenoxy) is 2. The van der Waals surface area contributed by atoms with Crippen molar-refractivity contribution in [3.63, 3.8) is 0 Å². The first-order valence-corrected chi connectivity index (χ1v) is 12.1. The number of rotatable bonds is 2. The Morgan fingerprint density at radius 3 is 2.47 bits per heavy atom. The van der Waals surface area contributed by atoms with Crippen LogP contribution in [0, 0.1) is 0 Å². The molecule has 0 atom stereocenters. The van der Waals surface area contributed by atoms with Crippen molar-refractivity contribution >= 4 is 23.9 Å². The van der Waals surface area contributed by atoms with Gasteiger partial charge in [-0.3, -0.25) is 14.9 Å². The van der Waals surface area contributed by atoms with Crippen LogP contribution in [0.1, 0.15) is 69.8 Å². The van der Waals surface area contributed by atoms with E-state index in [2.05, 4.69) is 22.5 Å². The fourth-order valence-corrected chi connectivity index (χ4v) is 4.08. The molecule has 0 radical (unpaired) electrons. The predicted molar refractivity (Wildman–Crippen MR) is 129 cm³/mol. The number of nitrogens with one attached hydrogen (secondary N) is 1. The maximum atomic E-state index is 12.7. The minimum Gasteiger partial charge on any atom is -0.458 e. The van der Waals surface area contributed by atoms with Gasteiger partial charge >= 0.3 is 12.1 Å². The van der Waals surface area contributed by atoms with Gasteiger partial charge in [0.1, 0.15) is 18.8 Å². The van der Waals surface area contributed by atoms with Crippen LogP contribution < -0.4 is 5.32 Å². The van der Waals surface area contributed by atoms with Crippen molar-refractivity contribution in [2.24, 2.45) is 4.99 Å². The summed E-state index contributed by atoms with van der Waals surface area (Å²) < 4.78 is 11.1. The zero-order valence-corrected chi connectivity index (χ0v) is 20.0. The summed E-state index contributed by atoms with van der Waals surface area (Å²) in [6.45, 7) is -0.0705. The first-order valence-electron chi connectivity index (χ1n) is 12.1. The van der Waals surface area contributed by atoms with Crippen LogP contribution >= 0.6 is 0 Å². The molecule has 1 aliphatic carbocycles. The lowest BCUT2D eigenvalue weighted by Crippen LogP contribution is -2.48. The largest absolute Gasteiger partial charge is 0.458 e. The average Bonchev–Trinajstić information content (AvgIpc) is 2.79. The molecule has 1 spiro atoms. The molecular formula is C26H35N3O5. The van der Waals surface area contributed by atoms with Gasteiger partial charge in [0.2, 0.25) is 11.9 Å². The van der Waals surface area contributed by atoms with Crippen LogP contribution in [0.3, 0.4) is 0 Å². The molecule has 1 N–H and O–H groups in total. The van der Waals surface area contributed by atoms with Gasteiger partial charge in [-0.1, -0.05) is 42.5 Å². The van der Waals surface area contributed by atoms with Crippen molar-refractivity contribution < 1.29 is 23.9 Å². The fourth-order valence-electron chi connectivity index (χ4n) is 4.08. The molecule has 34 heavy (non-hydrogen) atoms. The maximum absolute atomic E-state index is 12.7. The molecule has 0 aromatic heterocycles. The Hall–Kier alpha value is -3.16. The monoisotopic (exact) mass is 469 g/mol. The number of benzene rings is 1. The summed E-state index contributed by atoms with van der Waals surface area (Å²) in [5.74, 6) is -0.688. The molecule has 2 amide bonds. The zero-order valence-electron chi connectivity index (χ0n) is 20.0. The molecule has 0 bridgehead atoms. The van der Waals surface area contributed by atoms with E-state index in [0.717, 1.165) is 63.4 Å². The summed E-state index contributed by atoms with van der Waals surface area (Å²) in [5, 5.41) is 2.67. The smallest absolute Gasteiger partial charge is 0.437 e. The number of esters is 1. The first kappa shape index (κ1) is 25.5. The molecule has 1 aliphatic heterocycles. The topological polar surface area (TPSA) is 97.3 Å². The molecule has 3 rings (SSSR count). The van der Waals surface area contributed by atoms with E-state index >= 15 is 0 Å². The predicted octanol–water partition coefficient (Wildman–Crippen LogP) is 4.49. The Bertz CT molecular complexity index is 893. The van der Waals surface area contributed by atoms with E-state index < -0.39 is 17.7 Å². The molecule has 8 nitrogen and oxygen atoms in total. The molecule has 0 saturated heterocycles. The lowest BCUT2D eigenvalue weighted by atomic mass is 9.76. The van der Waals surface area contributed by atoms with E-state index in [9.17, 15) is 14.4 Å². The second-order valence-electron chi connectivity index (χ2n) is 9.00. The van der Waals surface area contributed by atoms with Crippen LogP contribution in [0.4, 0.5) is 4.79 Å². The molecule has 1 heterocycles. The molecule has 184 valence electrons. The number of likely N-dealkylation sites (N-methyl/N-ethyl adjacent to an activating group) is 1. The summed E-state index contributed by atoms with van der Waals surface area (Å²) in [7, 11) is 1.59. The normalized spacial score (nSPS) is 22.3. The molecule has 1 aromatic rings. The van der Waals surface area contributed by atoms with Gasteiger partial charge in [-0.25, -0.2) is 4.79 Å². The van der Waals surface area contributed by atoms with E-state index in [0.29, 0.717) is 6.42 Å². The molecule has 1 saturated carbocycles.